The SMILES string of the molecule is CC(C)(C)NC(=O)NC(=O)COC(=O)c1cc(Cl)ccc1O. The molecule has 22 heavy (non-hydrogen) atoms. The number of esters is 1. The summed E-state index contributed by atoms with van der Waals surface area (Å²) in [7, 11) is 0. The Morgan fingerprint density at radius 2 is 1.91 bits per heavy atom. The van der Waals surface area contributed by atoms with Crippen molar-refractivity contribution in [2.24, 2.45) is 0 Å². The fraction of sp³-hybridized carbons (Fsp3) is 0.357. The van der Waals surface area contributed by atoms with Crippen LogP contribution in [0.5, 0.6) is 5.75 Å². The summed E-state index contributed by atoms with van der Waals surface area (Å²) in [6.07, 6.45) is 0. The minimum Gasteiger partial charge on any atom is -0.507 e. The number of urea groups is 1. The largest absolute Gasteiger partial charge is 0.507 e. The average Bonchev–Trinajstić information content (AvgIpc) is 2.36. The van der Waals surface area contributed by atoms with E-state index >= 15 is 0 Å². The summed E-state index contributed by atoms with van der Waals surface area (Å²) in [5.41, 5.74) is -0.674. The molecule has 0 aliphatic rings. The van der Waals surface area contributed by atoms with Gasteiger partial charge < -0.3 is 15.2 Å². The maximum absolute atomic E-state index is 11.7. The number of hydrogen-bond donors (Lipinski definition) is 3. The lowest BCUT2D eigenvalue weighted by Crippen LogP contribution is -2.49. The van der Waals surface area contributed by atoms with Gasteiger partial charge in [-0.1, -0.05) is 11.6 Å². The van der Waals surface area contributed by atoms with E-state index in [1.807, 2.05) is 5.32 Å². The maximum Gasteiger partial charge on any atom is 0.342 e. The van der Waals surface area contributed by atoms with Crippen LogP contribution < -0.4 is 10.6 Å². The second-order valence-corrected chi connectivity index (χ2v) is 5.93. The molecule has 0 radical (unpaired) electrons. The number of phenols is 1. The van der Waals surface area contributed by atoms with Gasteiger partial charge in [0.05, 0.1) is 0 Å². The van der Waals surface area contributed by atoms with Gasteiger partial charge in [0.25, 0.3) is 5.91 Å². The Balaban J connectivity index is 2.52. The summed E-state index contributed by atoms with van der Waals surface area (Å²) in [4.78, 5) is 34.6. The van der Waals surface area contributed by atoms with Crippen LogP contribution in [0.3, 0.4) is 0 Å². The zero-order valence-electron chi connectivity index (χ0n) is 12.4. The molecule has 0 atom stereocenters. The number of amides is 3. The first-order chi connectivity index (χ1) is 10.1. The van der Waals surface area contributed by atoms with Crippen molar-refractivity contribution in [3.8, 4) is 5.75 Å². The van der Waals surface area contributed by atoms with Gasteiger partial charge in [0, 0.05) is 10.6 Å². The van der Waals surface area contributed by atoms with E-state index in [4.69, 9.17) is 16.3 Å². The molecule has 0 aliphatic heterocycles. The van der Waals surface area contributed by atoms with E-state index in [9.17, 15) is 19.5 Å². The molecule has 0 aliphatic carbocycles. The van der Waals surface area contributed by atoms with E-state index in [0.29, 0.717) is 0 Å². The standard InChI is InChI=1S/C14H17ClN2O5/c1-14(2,3)17-13(21)16-11(19)7-22-12(20)9-6-8(15)4-5-10(9)18/h4-6,18H,7H2,1-3H3,(H2,16,17,19,21). The molecule has 3 N–H and O–H groups in total. The molecular formula is C14H17ClN2O5. The number of carbonyl (C=O) groups is 3. The summed E-state index contributed by atoms with van der Waals surface area (Å²) in [5.74, 6) is -2.04. The van der Waals surface area contributed by atoms with Crippen LogP contribution in [0.4, 0.5) is 4.79 Å². The molecule has 0 aromatic heterocycles. The van der Waals surface area contributed by atoms with E-state index in [-0.39, 0.29) is 16.3 Å². The van der Waals surface area contributed by atoms with Gasteiger partial charge in [-0.15, -0.1) is 0 Å². The molecule has 1 aromatic rings. The average molecular weight is 329 g/mol. The molecule has 0 unspecified atom stereocenters. The minimum atomic E-state index is -0.925. The van der Waals surface area contributed by atoms with Crippen LogP contribution in [0.1, 0.15) is 31.1 Å². The third kappa shape index (κ3) is 6.01. The summed E-state index contributed by atoms with van der Waals surface area (Å²) < 4.78 is 4.71. The Morgan fingerprint density at radius 3 is 2.50 bits per heavy atom. The van der Waals surface area contributed by atoms with Crippen LogP contribution >= 0.6 is 11.6 Å². The van der Waals surface area contributed by atoms with Gasteiger partial charge in [-0.25, -0.2) is 9.59 Å². The van der Waals surface area contributed by atoms with Crippen molar-refractivity contribution in [3.05, 3.63) is 28.8 Å². The quantitative estimate of drug-likeness (QED) is 0.734. The third-order valence-corrected chi connectivity index (χ3v) is 2.49. The first-order valence-corrected chi connectivity index (χ1v) is 6.74. The van der Waals surface area contributed by atoms with E-state index in [0.717, 1.165) is 0 Å². The molecule has 0 saturated heterocycles. The van der Waals surface area contributed by atoms with Crippen molar-refractivity contribution in [3.63, 3.8) is 0 Å². The molecule has 0 bridgehead atoms. The first-order valence-electron chi connectivity index (χ1n) is 6.36. The number of rotatable bonds is 3. The molecule has 3 amide bonds. The lowest BCUT2D eigenvalue weighted by atomic mass is 10.1. The predicted molar refractivity (Wildman–Crippen MR) is 79.8 cm³/mol. The smallest absolute Gasteiger partial charge is 0.342 e. The highest BCUT2D eigenvalue weighted by molar-refractivity contribution is 6.31. The van der Waals surface area contributed by atoms with Crippen molar-refractivity contribution < 1.29 is 24.2 Å². The highest BCUT2D eigenvalue weighted by atomic mass is 35.5. The number of phenolic OH excluding ortho intramolecular Hbond substituents is 1. The van der Waals surface area contributed by atoms with Gasteiger partial charge in [0.1, 0.15) is 11.3 Å². The van der Waals surface area contributed by atoms with Gasteiger partial charge in [0.15, 0.2) is 6.61 Å². The summed E-state index contributed by atoms with van der Waals surface area (Å²) >= 11 is 5.70. The highest BCUT2D eigenvalue weighted by Gasteiger charge is 2.18. The molecule has 1 rings (SSSR count). The predicted octanol–water partition coefficient (Wildman–Crippen LogP) is 1.83. The number of imide groups is 1. The van der Waals surface area contributed by atoms with Crippen LogP contribution in [-0.2, 0) is 9.53 Å². The lowest BCUT2D eigenvalue weighted by Gasteiger charge is -2.20. The van der Waals surface area contributed by atoms with Crippen LogP contribution in [0.2, 0.25) is 5.02 Å². The summed E-state index contributed by atoms with van der Waals surface area (Å²) in [6, 6.07) is 3.15. The lowest BCUT2D eigenvalue weighted by molar-refractivity contribution is -0.123. The number of aromatic hydroxyl groups is 1. The first kappa shape index (κ1) is 17.8. The topological polar surface area (TPSA) is 105 Å². The number of ether oxygens (including phenoxy) is 1. The van der Waals surface area contributed by atoms with Crippen LogP contribution in [0.25, 0.3) is 0 Å². The fourth-order valence-corrected chi connectivity index (χ4v) is 1.59. The maximum atomic E-state index is 11.7. The molecule has 0 fully saturated rings. The van der Waals surface area contributed by atoms with Crippen molar-refractivity contribution in [2.75, 3.05) is 6.61 Å². The Bertz CT molecular complexity index is 595. The normalized spacial score (nSPS) is 10.7. The summed E-state index contributed by atoms with van der Waals surface area (Å²) in [5, 5.41) is 14.3. The molecular weight excluding hydrogens is 312 g/mol. The summed E-state index contributed by atoms with van der Waals surface area (Å²) in [6.45, 7) is 4.58. The second kappa shape index (κ2) is 7.13. The third-order valence-electron chi connectivity index (χ3n) is 2.25. The highest BCUT2D eigenvalue weighted by Crippen LogP contribution is 2.22. The van der Waals surface area contributed by atoms with Gasteiger partial charge in [-0.05, 0) is 39.0 Å². The van der Waals surface area contributed by atoms with Crippen molar-refractivity contribution in [1.29, 1.82) is 0 Å². The monoisotopic (exact) mass is 328 g/mol. The molecule has 120 valence electrons. The van der Waals surface area contributed by atoms with Gasteiger partial charge >= 0.3 is 12.0 Å². The number of nitrogens with one attached hydrogen (secondary N) is 2. The number of hydrogen-bond acceptors (Lipinski definition) is 5. The Labute approximate surface area is 132 Å². The molecule has 0 heterocycles. The Hall–Kier alpha value is -2.28. The molecule has 1 aromatic carbocycles. The molecule has 0 saturated carbocycles. The van der Waals surface area contributed by atoms with E-state index in [2.05, 4.69) is 5.32 Å². The van der Waals surface area contributed by atoms with E-state index in [1.165, 1.54) is 18.2 Å². The molecule has 7 nitrogen and oxygen atoms in total. The van der Waals surface area contributed by atoms with Crippen LogP contribution in [0.15, 0.2) is 18.2 Å². The van der Waals surface area contributed by atoms with Gasteiger partial charge in [0.2, 0.25) is 0 Å². The Kier molecular flexibility index (Phi) is 5.76. The number of benzene rings is 1. The van der Waals surface area contributed by atoms with Crippen LogP contribution in [0, 0.1) is 0 Å². The van der Waals surface area contributed by atoms with Crippen LogP contribution in [-0.4, -0.2) is 35.2 Å². The molecule has 0 spiro atoms. The zero-order valence-corrected chi connectivity index (χ0v) is 13.2. The Morgan fingerprint density at radius 1 is 1.27 bits per heavy atom. The fourth-order valence-electron chi connectivity index (χ4n) is 1.42. The number of halogens is 1. The minimum absolute atomic E-state index is 0.167. The zero-order chi connectivity index (χ0) is 16.9. The van der Waals surface area contributed by atoms with Crippen molar-refractivity contribution in [1.82, 2.24) is 10.6 Å². The second-order valence-electron chi connectivity index (χ2n) is 5.49. The van der Waals surface area contributed by atoms with E-state index in [1.54, 1.807) is 20.8 Å². The van der Waals surface area contributed by atoms with Crippen molar-refractivity contribution in [2.45, 2.75) is 26.3 Å². The van der Waals surface area contributed by atoms with E-state index < -0.39 is 30.1 Å². The number of carbonyl (C=O) groups excluding carboxylic acids is 3. The molecule has 8 heteroatoms. The van der Waals surface area contributed by atoms with Gasteiger partial charge in [-0.3, -0.25) is 10.1 Å². The van der Waals surface area contributed by atoms with Crippen molar-refractivity contribution >= 4 is 29.5 Å². The van der Waals surface area contributed by atoms with Gasteiger partial charge in [-0.2, -0.15) is 0 Å².